The molecule has 1 fully saturated rings. The van der Waals surface area contributed by atoms with E-state index in [-0.39, 0.29) is 0 Å². The average Bonchev–Trinajstić information content (AvgIpc) is 1.97. The highest BCUT2D eigenvalue weighted by molar-refractivity contribution is 4.81. The van der Waals surface area contributed by atoms with Crippen LogP contribution in [0.15, 0.2) is 0 Å². The number of rotatable bonds is 0. The molecule has 0 bridgehead atoms. The summed E-state index contributed by atoms with van der Waals surface area (Å²) in [6.07, 6.45) is 1.33. The first-order valence-electron chi connectivity index (χ1n) is 4.83. The third-order valence-corrected chi connectivity index (χ3v) is 2.73. The lowest BCUT2D eigenvalue weighted by Crippen LogP contribution is -2.40. The second-order valence-electron chi connectivity index (χ2n) is 4.34. The van der Waals surface area contributed by atoms with Crippen LogP contribution >= 0.6 is 0 Å². The topological polar surface area (TPSA) is 24.1 Å². The molecule has 12 heavy (non-hydrogen) atoms. The zero-order valence-corrected chi connectivity index (χ0v) is 9.20. The highest BCUT2D eigenvalue weighted by Gasteiger charge is 2.27. The smallest absolute Gasteiger partial charge is 0.00180 e. The van der Waals surface area contributed by atoms with Crippen molar-refractivity contribution in [2.45, 2.75) is 27.2 Å². The van der Waals surface area contributed by atoms with Crippen molar-refractivity contribution < 1.29 is 0 Å². The highest BCUT2D eigenvalue weighted by Crippen LogP contribution is 2.31. The van der Waals surface area contributed by atoms with Gasteiger partial charge in [0.05, 0.1) is 0 Å². The Morgan fingerprint density at radius 3 is 2.08 bits per heavy atom. The Labute approximate surface area is 77.1 Å². The largest absolute Gasteiger partial charge is 0.323 e. The molecule has 0 aromatic heterocycles. The van der Waals surface area contributed by atoms with E-state index in [0.717, 1.165) is 5.92 Å². The normalized spacial score (nSPS) is 27.2. The van der Waals surface area contributed by atoms with Gasteiger partial charge in [-0.25, -0.2) is 0 Å². The maximum Gasteiger partial charge on any atom is -0.00180 e. The number of nitrogens with one attached hydrogen (secondary N) is 2. The molecule has 74 valence electrons. The van der Waals surface area contributed by atoms with Crippen molar-refractivity contribution in [3.63, 3.8) is 0 Å². The second-order valence-corrected chi connectivity index (χ2v) is 4.34. The van der Waals surface area contributed by atoms with Gasteiger partial charge in [-0.15, -0.1) is 0 Å². The Balaban J connectivity index is 0.000000354. The molecule has 1 atom stereocenters. The molecule has 0 saturated carbocycles. The zero-order chi connectivity index (χ0) is 9.61. The molecule has 1 unspecified atom stereocenters. The van der Waals surface area contributed by atoms with Gasteiger partial charge < -0.3 is 10.6 Å². The molecule has 2 nitrogen and oxygen atoms in total. The van der Waals surface area contributed by atoms with Gasteiger partial charge in [-0.3, -0.25) is 0 Å². The molecule has 1 aliphatic rings. The van der Waals surface area contributed by atoms with Crippen LogP contribution in [0.3, 0.4) is 0 Å². The zero-order valence-electron chi connectivity index (χ0n) is 9.20. The Hall–Kier alpha value is -0.0800. The molecule has 2 N–H and O–H groups in total. The van der Waals surface area contributed by atoms with Crippen molar-refractivity contribution in [1.82, 2.24) is 10.6 Å². The molecule has 0 aliphatic carbocycles. The van der Waals surface area contributed by atoms with E-state index in [4.69, 9.17) is 0 Å². The van der Waals surface area contributed by atoms with Gasteiger partial charge in [-0.1, -0.05) is 20.8 Å². The Morgan fingerprint density at radius 1 is 1.33 bits per heavy atom. The molecule has 0 spiro atoms. The molecule has 0 aromatic carbocycles. The van der Waals surface area contributed by atoms with Crippen LogP contribution in [0.4, 0.5) is 0 Å². The summed E-state index contributed by atoms with van der Waals surface area (Å²) in [7, 11) is 3.75. The fourth-order valence-electron chi connectivity index (χ4n) is 1.25. The number of hydrogen-bond donors (Lipinski definition) is 2. The summed E-state index contributed by atoms with van der Waals surface area (Å²) >= 11 is 0. The lowest BCUT2D eigenvalue weighted by molar-refractivity contribution is 0.169. The maximum atomic E-state index is 3.39. The van der Waals surface area contributed by atoms with Gasteiger partial charge in [0.15, 0.2) is 0 Å². The van der Waals surface area contributed by atoms with Crippen LogP contribution in [0, 0.1) is 11.3 Å². The quantitative estimate of drug-likeness (QED) is 0.578. The van der Waals surface area contributed by atoms with Gasteiger partial charge in [0.1, 0.15) is 0 Å². The van der Waals surface area contributed by atoms with Gasteiger partial charge in [0.25, 0.3) is 0 Å². The van der Waals surface area contributed by atoms with Gasteiger partial charge >= 0.3 is 0 Å². The molecule has 1 saturated heterocycles. The van der Waals surface area contributed by atoms with Crippen LogP contribution in [0.5, 0.6) is 0 Å². The van der Waals surface area contributed by atoms with E-state index in [9.17, 15) is 0 Å². The molecular formula is C10H24N2. The van der Waals surface area contributed by atoms with E-state index >= 15 is 0 Å². The molecule has 2 heteroatoms. The molecule has 0 radical (unpaired) electrons. The SMILES string of the molecule is CC1CNCCC1(C)C.CNC. The minimum absolute atomic E-state index is 0.575. The van der Waals surface area contributed by atoms with E-state index in [2.05, 4.69) is 31.4 Å². The summed E-state index contributed by atoms with van der Waals surface area (Å²) in [5, 5.41) is 6.14. The minimum Gasteiger partial charge on any atom is -0.323 e. The molecule has 0 amide bonds. The predicted molar refractivity (Wildman–Crippen MR) is 55.4 cm³/mol. The first-order chi connectivity index (χ1) is 5.54. The third-order valence-electron chi connectivity index (χ3n) is 2.73. The summed E-state index contributed by atoms with van der Waals surface area (Å²) in [6, 6.07) is 0. The fourth-order valence-corrected chi connectivity index (χ4v) is 1.25. The van der Waals surface area contributed by atoms with Gasteiger partial charge in [-0.2, -0.15) is 0 Å². The van der Waals surface area contributed by atoms with Crippen LogP contribution in [0.1, 0.15) is 27.2 Å². The highest BCUT2D eigenvalue weighted by atomic mass is 14.9. The fraction of sp³-hybridized carbons (Fsp3) is 1.00. The van der Waals surface area contributed by atoms with E-state index in [1.165, 1.54) is 19.5 Å². The van der Waals surface area contributed by atoms with E-state index < -0.39 is 0 Å². The molecular weight excluding hydrogens is 148 g/mol. The maximum absolute atomic E-state index is 3.39. The van der Waals surface area contributed by atoms with Crippen molar-refractivity contribution in [3.8, 4) is 0 Å². The Morgan fingerprint density at radius 2 is 1.83 bits per heavy atom. The van der Waals surface area contributed by atoms with Crippen LogP contribution in [0.25, 0.3) is 0 Å². The van der Waals surface area contributed by atoms with E-state index in [1.807, 2.05) is 14.1 Å². The second kappa shape index (κ2) is 5.55. The summed E-state index contributed by atoms with van der Waals surface area (Å²) in [4.78, 5) is 0. The van der Waals surface area contributed by atoms with Crippen LogP contribution < -0.4 is 10.6 Å². The predicted octanol–water partition coefficient (Wildman–Crippen LogP) is 1.48. The Bertz CT molecular complexity index is 110. The lowest BCUT2D eigenvalue weighted by Gasteiger charge is -2.36. The first kappa shape index (κ1) is 11.9. The van der Waals surface area contributed by atoms with Crippen LogP contribution in [0.2, 0.25) is 0 Å². The monoisotopic (exact) mass is 172 g/mol. The van der Waals surface area contributed by atoms with Crippen molar-refractivity contribution in [1.29, 1.82) is 0 Å². The number of piperidine rings is 1. The summed E-state index contributed by atoms with van der Waals surface area (Å²) in [6.45, 7) is 9.45. The average molecular weight is 172 g/mol. The minimum atomic E-state index is 0.575. The molecule has 0 aromatic rings. The van der Waals surface area contributed by atoms with Gasteiger partial charge in [0, 0.05) is 0 Å². The first-order valence-corrected chi connectivity index (χ1v) is 4.83. The lowest BCUT2D eigenvalue weighted by atomic mass is 9.75. The van der Waals surface area contributed by atoms with E-state index in [0.29, 0.717) is 5.41 Å². The summed E-state index contributed by atoms with van der Waals surface area (Å²) in [5.41, 5.74) is 0.575. The molecule has 1 aliphatic heterocycles. The Kier molecular flexibility index (Phi) is 5.51. The van der Waals surface area contributed by atoms with Gasteiger partial charge in [-0.05, 0) is 44.9 Å². The molecule has 1 rings (SSSR count). The summed E-state index contributed by atoms with van der Waals surface area (Å²) in [5.74, 6) is 0.839. The van der Waals surface area contributed by atoms with Crippen LogP contribution in [-0.4, -0.2) is 27.2 Å². The standard InChI is InChI=1S/C8H17N.C2H7N/c1-7-6-9-5-4-8(7,2)3;1-3-2/h7,9H,4-6H2,1-3H3;3H,1-2H3. The van der Waals surface area contributed by atoms with Crippen molar-refractivity contribution >= 4 is 0 Å². The van der Waals surface area contributed by atoms with Crippen molar-refractivity contribution in [3.05, 3.63) is 0 Å². The number of hydrogen-bond acceptors (Lipinski definition) is 2. The molecule has 1 heterocycles. The summed E-state index contributed by atoms with van der Waals surface area (Å²) < 4.78 is 0. The van der Waals surface area contributed by atoms with Crippen molar-refractivity contribution in [2.75, 3.05) is 27.2 Å². The van der Waals surface area contributed by atoms with E-state index in [1.54, 1.807) is 0 Å². The van der Waals surface area contributed by atoms with Crippen molar-refractivity contribution in [2.24, 2.45) is 11.3 Å². The third kappa shape index (κ3) is 4.07. The van der Waals surface area contributed by atoms with Crippen LogP contribution in [-0.2, 0) is 0 Å². The van der Waals surface area contributed by atoms with Gasteiger partial charge in [0.2, 0.25) is 0 Å².